The minimum atomic E-state index is 0.873. The predicted molar refractivity (Wildman–Crippen MR) is 277 cm³/mol. The van der Waals surface area contributed by atoms with Gasteiger partial charge in [-0.25, -0.2) is 0 Å². The molecule has 4 nitrogen and oxygen atoms in total. The molecule has 0 aliphatic heterocycles. The number of furan rings is 2. The van der Waals surface area contributed by atoms with Crippen LogP contribution < -0.4 is 0 Å². The van der Waals surface area contributed by atoms with Crippen molar-refractivity contribution in [1.82, 2.24) is 9.13 Å². The van der Waals surface area contributed by atoms with Crippen LogP contribution in [0.15, 0.2) is 228 Å². The van der Waals surface area contributed by atoms with E-state index < -0.39 is 0 Å². The Morgan fingerprint density at radius 1 is 0.400 bits per heavy atom. The van der Waals surface area contributed by atoms with E-state index in [4.69, 9.17) is 8.83 Å². The van der Waals surface area contributed by atoms with Crippen LogP contribution in [0.3, 0.4) is 0 Å². The Hall–Kier alpha value is -8.34. The van der Waals surface area contributed by atoms with Crippen LogP contribution >= 0.6 is 0 Å². The molecule has 0 atom stereocenters. The third-order valence-electron chi connectivity index (χ3n) is 12.6. The van der Waals surface area contributed by atoms with E-state index in [9.17, 15) is 0 Å². The van der Waals surface area contributed by atoms with Gasteiger partial charge in [0.1, 0.15) is 11.2 Å². The number of benzene rings is 9. The summed E-state index contributed by atoms with van der Waals surface area (Å²) in [5.74, 6) is 0. The van der Waals surface area contributed by atoms with Gasteiger partial charge >= 0.3 is 0 Å². The molecular weight excluding hydrogens is 793 g/mol. The van der Waals surface area contributed by atoms with E-state index in [1.54, 1.807) is 0 Å². The lowest BCUT2D eigenvalue weighted by Gasteiger charge is -2.08. The molecule has 0 N–H and O–H groups in total. The second-order valence-electron chi connectivity index (χ2n) is 16.0. The van der Waals surface area contributed by atoms with Crippen LogP contribution in [0.25, 0.3) is 116 Å². The molecule has 13 aromatic rings. The minimum Gasteiger partial charge on any atom is -0.454 e. The van der Waals surface area contributed by atoms with Gasteiger partial charge in [-0.05, 0) is 89.9 Å². The maximum absolute atomic E-state index is 6.68. The average Bonchev–Trinajstić information content (AvgIpc) is 4.13. The van der Waals surface area contributed by atoms with Crippen molar-refractivity contribution in [3.63, 3.8) is 0 Å². The molecule has 312 valence electrons. The van der Waals surface area contributed by atoms with E-state index in [1.807, 2.05) is 45.0 Å². The van der Waals surface area contributed by atoms with Crippen molar-refractivity contribution in [2.75, 3.05) is 0 Å². The van der Waals surface area contributed by atoms with Crippen LogP contribution in [0.2, 0.25) is 0 Å². The summed E-state index contributed by atoms with van der Waals surface area (Å²) in [6.07, 6.45) is 3.93. The quantitative estimate of drug-likeness (QED) is 0.162. The van der Waals surface area contributed by atoms with Crippen LogP contribution in [-0.4, -0.2) is 9.13 Å². The minimum absolute atomic E-state index is 0.873. The summed E-state index contributed by atoms with van der Waals surface area (Å²) in [6.45, 7) is 9.76. The van der Waals surface area contributed by atoms with Gasteiger partial charge in [-0.15, -0.1) is 0 Å². The monoisotopic (exact) mass is 838 g/mol. The zero-order chi connectivity index (χ0) is 44.0. The van der Waals surface area contributed by atoms with Crippen molar-refractivity contribution in [3.05, 3.63) is 224 Å². The number of nitrogens with zero attached hydrogens (tertiary/aromatic N) is 2. The summed E-state index contributed by atoms with van der Waals surface area (Å²) in [4.78, 5) is 0. The Kier molecular flexibility index (Phi) is 9.97. The number of allylic oxidation sites excluding steroid dienone is 3. The van der Waals surface area contributed by atoms with Crippen molar-refractivity contribution in [2.24, 2.45) is 0 Å². The van der Waals surface area contributed by atoms with E-state index in [0.29, 0.717) is 0 Å². The van der Waals surface area contributed by atoms with Crippen molar-refractivity contribution in [2.45, 2.75) is 20.8 Å². The van der Waals surface area contributed by atoms with Gasteiger partial charge in [0, 0.05) is 43.1 Å². The van der Waals surface area contributed by atoms with Gasteiger partial charge in [0.05, 0.1) is 33.4 Å². The molecule has 4 aromatic heterocycles. The lowest BCUT2D eigenvalue weighted by molar-refractivity contribution is 0.666. The van der Waals surface area contributed by atoms with Gasteiger partial charge in [0.2, 0.25) is 0 Å². The zero-order valence-electron chi connectivity index (χ0n) is 36.6. The number of para-hydroxylation sites is 6. The summed E-state index contributed by atoms with van der Waals surface area (Å²) in [6, 6.07) is 70.7. The van der Waals surface area contributed by atoms with Crippen LogP contribution in [-0.2, 0) is 0 Å². The van der Waals surface area contributed by atoms with E-state index in [1.165, 1.54) is 54.7 Å². The SMILES string of the molecule is C=C/C(=C\C)c1ccccc1.CC.c1cc(-n2c3ccccc3c3ccccc32)c2oc3ccc(-c4ccc5oc6c(-n7c8ccccc8c8ccccc87)cccc6c5c4)cc3c2c1. The summed E-state index contributed by atoms with van der Waals surface area (Å²) in [5, 5.41) is 9.33. The number of hydrogen-bond donors (Lipinski definition) is 0. The summed E-state index contributed by atoms with van der Waals surface area (Å²) < 4.78 is 18.0. The topological polar surface area (TPSA) is 36.1 Å². The second-order valence-corrected chi connectivity index (χ2v) is 16.0. The average molecular weight is 839 g/mol. The zero-order valence-corrected chi connectivity index (χ0v) is 36.6. The molecule has 0 unspecified atom stereocenters. The maximum Gasteiger partial charge on any atom is 0.159 e. The molecule has 0 aliphatic carbocycles. The smallest absolute Gasteiger partial charge is 0.159 e. The van der Waals surface area contributed by atoms with Crippen LogP contribution in [0.1, 0.15) is 26.3 Å². The molecule has 0 fully saturated rings. The number of fused-ring (bicyclic) bond motifs is 12. The Balaban J connectivity index is 0.000000317. The van der Waals surface area contributed by atoms with Crippen molar-refractivity contribution >= 4 is 93.1 Å². The lowest BCUT2D eigenvalue weighted by atomic mass is 10.0. The van der Waals surface area contributed by atoms with Gasteiger partial charge in [-0.2, -0.15) is 0 Å². The van der Waals surface area contributed by atoms with Crippen molar-refractivity contribution in [1.29, 1.82) is 0 Å². The third-order valence-corrected chi connectivity index (χ3v) is 12.6. The molecule has 65 heavy (non-hydrogen) atoms. The van der Waals surface area contributed by atoms with E-state index >= 15 is 0 Å². The Morgan fingerprint density at radius 2 is 0.769 bits per heavy atom. The van der Waals surface area contributed by atoms with Gasteiger partial charge in [0.15, 0.2) is 11.2 Å². The van der Waals surface area contributed by atoms with Gasteiger partial charge in [-0.3, -0.25) is 0 Å². The molecule has 0 saturated heterocycles. The normalized spacial score (nSPS) is 11.8. The van der Waals surface area contributed by atoms with Gasteiger partial charge in [0.25, 0.3) is 0 Å². The summed E-state index contributed by atoms with van der Waals surface area (Å²) >= 11 is 0. The number of aromatic nitrogens is 2. The first-order valence-corrected chi connectivity index (χ1v) is 22.4. The largest absolute Gasteiger partial charge is 0.454 e. The molecular formula is C61H46N2O2. The first-order valence-electron chi connectivity index (χ1n) is 22.4. The molecule has 0 saturated carbocycles. The second kappa shape index (κ2) is 16.4. The molecule has 4 heteroatoms. The van der Waals surface area contributed by atoms with E-state index in [2.05, 4.69) is 204 Å². The first-order chi connectivity index (χ1) is 32.2. The fraction of sp³-hybridized carbons (Fsp3) is 0.0492. The van der Waals surface area contributed by atoms with Crippen molar-refractivity contribution < 1.29 is 8.83 Å². The standard InChI is InChI=1S/C48H28N2O2.C11H12.C2H6/c1-5-17-39-31(11-1)32-12-2-6-18-40(32)49(39)43-21-9-15-35-37-27-29(23-25-45(37)51-47(35)43)30-24-26-46-38(28-30)36-16-10-22-44(48(36)52-46)50-41-19-7-3-13-33(41)34-14-4-8-20-42(34)50;1-3-10(4-2)11-8-6-5-7-9-11;1-2/h1-28H;3-9H,1H2,2H3;1-2H3/b;10-4+;. The van der Waals surface area contributed by atoms with E-state index in [-0.39, 0.29) is 0 Å². The number of rotatable bonds is 5. The molecule has 0 bridgehead atoms. The third kappa shape index (κ3) is 6.45. The lowest BCUT2D eigenvalue weighted by Crippen LogP contribution is -1.93. The molecule has 0 aliphatic rings. The fourth-order valence-corrected chi connectivity index (χ4v) is 9.68. The molecule has 9 aromatic carbocycles. The van der Waals surface area contributed by atoms with Crippen LogP contribution in [0, 0.1) is 0 Å². The van der Waals surface area contributed by atoms with E-state index in [0.717, 1.165) is 66.4 Å². The molecule has 4 heterocycles. The Labute approximate surface area is 377 Å². The van der Waals surface area contributed by atoms with Crippen LogP contribution in [0.4, 0.5) is 0 Å². The Morgan fingerprint density at radius 3 is 1.15 bits per heavy atom. The maximum atomic E-state index is 6.68. The highest BCUT2D eigenvalue weighted by atomic mass is 16.3. The summed E-state index contributed by atoms with van der Waals surface area (Å²) in [7, 11) is 0. The van der Waals surface area contributed by atoms with Gasteiger partial charge < -0.3 is 18.0 Å². The van der Waals surface area contributed by atoms with Gasteiger partial charge in [-0.1, -0.05) is 172 Å². The van der Waals surface area contributed by atoms with Crippen molar-refractivity contribution in [3.8, 4) is 22.5 Å². The predicted octanol–water partition coefficient (Wildman–Crippen LogP) is 17.6. The Bertz CT molecular complexity index is 3610. The molecule has 0 amide bonds. The molecule has 0 radical (unpaired) electrons. The highest BCUT2D eigenvalue weighted by Crippen LogP contribution is 2.42. The highest BCUT2D eigenvalue weighted by molar-refractivity contribution is 6.15. The fourth-order valence-electron chi connectivity index (χ4n) is 9.68. The summed E-state index contributed by atoms with van der Waals surface area (Å²) in [5.41, 5.74) is 14.9. The molecule has 0 spiro atoms. The van der Waals surface area contributed by atoms with Crippen LogP contribution in [0.5, 0.6) is 0 Å². The first kappa shape index (κ1) is 39.5. The molecule has 13 rings (SSSR count). The highest BCUT2D eigenvalue weighted by Gasteiger charge is 2.20. The number of hydrogen-bond acceptors (Lipinski definition) is 2.